The molecule has 0 saturated carbocycles. The second kappa shape index (κ2) is 5.92. The van der Waals surface area contributed by atoms with E-state index in [0.29, 0.717) is 0 Å². The van der Waals surface area contributed by atoms with Crippen molar-refractivity contribution < 1.29 is 0 Å². The minimum atomic E-state index is 1.16. The highest BCUT2D eigenvalue weighted by Crippen LogP contribution is 2.44. The Balaban J connectivity index is 1.90. The van der Waals surface area contributed by atoms with Gasteiger partial charge in [0.25, 0.3) is 0 Å². The molecule has 0 saturated heterocycles. The van der Waals surface area contributed by atoms with Crippen LogP contribution in [0.4, 0.5) is 11.4 Å². The van der Waals surface area contributed by atoms with Gasteiger partial charge in [-0.3, -0.25) is 0 Å². The molecule has 0 unspecified atom stereocenters. The highest BCUT2D eigenvalue weighted by Gasteiger charge is 2.16. The highest BCUT2D eigenvalue weighted by molar-refractivity contribution is 7.99. The SMILES string of the molecule is CCCc1ccc2c(c1)Sc1cc(CCC)ccc1N2. The summed E-state index contributed by atoms with van der Waals surface area (Å²) in [6, 6.07) is 13.6. The maximum atomic E-state index is 3.56. The van der Waals surface area contributed by atoms with Crippen LogP contribution in [0.3, 0.4) is 0 Å². The molecule has 0 fully saturated rings. The summed E-state index contributed by atoms with van der Waals surface area (Å²) in [7, 11) is 0. The van der Waals surface area contributed by atoms with Crippen molar-refractivity contribution in [2.75, 3.05) is 5.32 Å². The lowest BCUT2D eigenvalue weighted by molar-refractivity contribution is 0.915. The molecular weight excluding hydrogens is 262 g/mol. The summed E-state index contributed by atoms with van der Waals surface area (Å²) in [5.74, 6) is 0. The first kappa shape index (κ1) is 13.6. The van der Waals surface area contributed by atoms with E-state index in [-0.39, 0.29) is 0 Å². The van der Waals surface area contributed by atoms with E-state index >= 15 is 0 Å². The van der Waals surface area contributed by atoms with Crippen LogP contribution in [0.1, 0.15) is 37.8 Å². The number of hydrogen-bond donors (Lipinski definition) is 1. The van der Waals surface area contributed by atoms with Crippen molar-refractivity contribution in [1.29, 1.82) is 0 Å². The van der Waals surface area contributed by atoms with Gasteiger partial charge in [-0.1, -0.05) is 50.6 Å². The lowest BCUT2D eigenvalue weighted by Gasteiger charge is -2.22. The van der Waals surface area contributed by atoms with E-state index in [0.717, 1.165) is 12.8 Å². The van der Waals surface area contributed by atoms with Gasteiger partial charge in [0.1, 0.15) is 0 Å². The van der Waals surface area contributed by atoms with Crippen molar-refractivity contribution in [3.05, 3.63) is 47.5 Å². The zero-order chi connectivity index (χ0) is 13.9. The Morgan fingerprint density at radius 1 is 0.800 bits per heavy atom. The zero-order valence-electron chi connectivity index (χ0n) is 12.2. The van der Waals surface area contributed by atoms with Gasteiger partial charge in [0, 0.05) is 9.79 Å². The van der Waals surface area contributed by atoms with Gasteiger partial charge >= 0.3 is 0 Å². The number of benzene rings is 2. The summed E-state index contributed by atoms with van der Waals surface area (Å²) in [6.07, 6.45) is 4.73. The Labute approximate surface area is 125 Å². The number of hydrogen-bond acceptors (Lipinski definition) is 2. The average molecular weight is 283 g/mol. The molecule has 1 heterocycles. The van der Waals surface area contributed by atoms with Crippen molar-refractivity contribution in [1.82, 2.24) is 0 Å². The smallest absolute Gasteiger partial charge is 0.0526 e. The van der Waals surface area contributed by atoms with E-state index in [1.807, 2.05) is 11.8 Å². The topological polar surface area (TPSA) is 12.0 Å². The van der Waals surface area contributed by atoms with Crippen LogP contribution in [-0.4, -0.2) is 0 Å². The first-order valence-electron chi connectivity index (χ1n) is 7.51. The number of anilines is 2. The van der Waals surface area contributed by atoms with Crippen LogP contribution >= 0.6 is 11.8 Å². The van der Waals surface area contributed by atoms with Crippen molar-refractivity contribution >= 4 is 23.1 Å². The number of nitrogens with one attached hydrogen (secondary N) is 1. The second-order valence-corrected chi connectivity index (χ2v) is 6.47. The van der Waals surface area contributed by atoms with Crippen LogP contribution in [0.15, 0.2) is 46.2 Å². The molecule has 2 heteroatoms. The molecule has 2 aromatic carbocycles. The Morgan fingerprint density at radius 2 is 1.30 bits per heavy atom. The summed E-state index contributed by atoms with van der Waals surface area (Å²) in [6.45, 7) is 4.47. The molecule has 104 valence electrons. The van der Waals surface area contributed by atoms with Crippen molar-refractivity contribution in [3.63, 3.8) is 0 Å². The Bertz CT molecular complexity index is 565. The van der Waals surface area contributed by atoms with Gasteiger partial charge in [-0.15, -0.1) is 0 Å². The molecule has 0 aromatic heterocycles. The van der Waals surface area contributed by atoms with Crippen LogP contribution in [0.5, 0.6) is 0 Å². The Hall–Kier alpha value is -1.41. The van der Waals surface area contributed by atoms with E-state index in [9.17, 15) is 0 Å². The molecule has 0 bridgehead atoms. The number of aryl methyl sites for hydroxylation is 2. The summed E-state index contributed by atoms with van der Waals surface area (Å²) in [4.78, 5) is 2.72. The summed E-state index contributed by atoms with van der Waals surface area (Å²) >= 11 is 1.90. The fraction of sp³-hybridized carbons (Fsp3) is 0.333. The average Bonchev–Trinajstić information content (AvgIpc) is 2.46. The Morgan fingerprint density at radius 3 is 1.75 bits per heavy atom. The van der Waals surface area contributed by atoms with Gasteiger partial charge in [-0.2, -0.15) is 0 Å². The van der Waals surface area contributed by atoms with E-state index in [1.165, 1.54) is 45.1 Å². The van der Waals surface area contributed by atoms with Gasteiger partial charge in [-0.05, 0) is 48.2 Å². The van der Waals surface area contributed by atoms with Crippen LogP contribution in [0.2, 0.25) is 0 Å². The van der Waals surface area contributed by atoms with Crippen LogP contribution in [0.25, 0.3) is 0 Å². The van der Waals surface area contributed by atoms with Crippen molar-refractivity contribution in [2.45, 2.75) is 49.3 Å². The van der Waals surface area contributed by atoms with E-state index < -0.39 is 0 Å². The predicted octanol–water partition coefficient (Wildman–Crippen LogP) is 5.80. The number of rotatable bonds is 4. The minimum Gasteiger partial charge on any atom is -0.354 e. The fourth-order valence-corrected chi connectivity index (χ4v) is 3.78. The van der Waals surface area contributed by atoms with Crippen LogP contribution in [-0.2, 0) is 12.8 Å². The van der Waals surface area contributed by atoms with Gasteiger partial charge in [-0.25, -0.2) is 0 Å². The van der Waals surface area contributed by atoms with Gasteiger partial charge < -0.3 is 5.32 Å². The monoisotopic (exact) mass is 283 g/mol. The van der Waals surface area contributed by atoms with Crippen molar-refractivity contribution in [2.24, 2.45) is 0 Å². The van der Waals surface area contributed by atoms with Crippen LogP contribution < -0.4 is 5.32 Å². The molecule has 0 aliphatic carbocycles. The third-order valence-electron chi connectivity index (χ3n) is 3.66. The largest absolute Gasteiger partial charge is 0.354 e. The lowest BCUT2D eigenvalue weighted by atomic mass is 10.1. The molecule has 2 aromatic rings. The maximum Gasteiger partial charge on any atom is 0.0526 e. The molecule has 1 aliphatic rings. The third kappa shape index (κ3) is 2.71. The standard InChI is InChI=1S/C18H21NS/c1-3-5-13-7-9-15-17(11-13)20-18-12-14(6-4-2)8-10-16(18)19-15/h7-12,19H,3-6H2,1-2H3. The molecular formula is C18H21NS. The molecule has 0 amide bonds. The summed E-state index contributed by atoms with van der Waals surface area (Å²) in [5.41, 5.74) is 5.36. The maximum absolute atomic E-state index is 3.56. The second-order valence-electron chi connectivity index (χ2n) is 5.39. The van der Waals surface area contributed by atoms with E-state index in [1.54, 1.807) is 0 Å². The third-order valence-corrected chi connectivity index (χ3v) is 4.77. The number of fused-ring (bicyclic) bond motifs is 2. The van der Waals surface area contributed by atoms with Crippen molar-refractivity contribution in [3.8, 4) is 0 Å². The molecule has 0 radical (unpaired) electrons. The summed E-state index contributed by atoms with van der Waals surface area (Å²) < 4.78 is 0. The Kier molecular flexibility index (Phi) is 4.02. The predicted molar refractivity (Wildman–Crippen MR) is 88.3 cm³/mol. The normalized spacial score (nSPS) is 12.5. The molecule has 0 atom stereocenters. The summed E-state index contributed by atoms with van der Waals surface area (Å²) in [5, 5.41) is 3.56. The zero-order valence-corrected chi connectivity index (χ0v) is 13.0. The van der Waals surface area contributed by atoms with Gasteiger partial charge in [0.05, 0.1) is 11.4 Å². The quantitative estimate of drug-likeness (QED) is 0.649. The van der Waals surface area contributed by atoms with Gasteiger partial charge in [0.2, 0.25) is 0 Å². The minimum absolute atomic E-state index is 1.16. The molecule has 0 spiro atoms. The highest BCUT2D eigenvalue weighted by atomic mass is 32.2. The van der Waals surface area contributed by atoms with Gasteiger partial charge in [0.15, 0.2) is 0 Å². The molecule has 20 heavy (non-hydrogen) atoms. The fourth-order valence-electron chi connectivity index (χ4n) is 2.66. The molecule has 1 aliphatic heterocycles. The molecule has 1 nitrogen and oxygen atoms in total. The van der Waals surface area contributed by atoms with E-state index in [4.69, 9.17) is 0 Å². The first-order valence-corrected chi connectivity index (χ1v) is 8.32. The first-order chi connectivity index (χ1) is 9.80. The van der Waals surface area contributed by atoms with Crippen LogP contribution in [0, 0.1) is 0 Å². The molecule has 3 rings (SSSR count). The molecule has 1 N–H and O–H groups in total. The van der Waals surface area contributed by atoms with E-state index in [2.05, 4.69) is 55.6 Å². The lowest BCUT2D eigenvalue weighted by Crippen LogP contribution is -2.01.